The molecule has 0 aliphatic carbocycles. The van der Waals surface area contributed by atoms with Gasteiger partial charge in [0.05, 0.1) is 6.20 Å². The standard InChI is InChI=1S/C10H12BrN3O/c1-2-12-5-7-6-13-14-10(7)8-3-4-9(11)15-8/h3-4,6,12H,2,5H2,1H3,(H,13,14). The fourth-order valence-corrected chi connectivity index (χ4v) is 1.67. The number of hydrogen-bond acceptors (Lipinski definition) is 3. The van der Waals surface area contributed by atoms with Gasteiger partial charge >= 0.3 is 0 Å². The second-order valence-electron chi connectivity index (χ2n) is 3.15. The largest absolute Gasteiger partial charge is 0.448 e. The number of aromatic nitrogens is 2. The summed E-state index contributed by atoms with van der Waals surface area (Å²) in [5, 5.41) is 10.2. The number of H-pyrrole nitrogens is 1. The van der Waals surface area contributed by atoms with Crippen LogP contribution in [0.1, 0.15) is 12.5 Å². The van der Waals surface area contributed by atoms with E-state index in [1.807, 2.05) is 18.3 Å². The molecule has 2 rings (SSSR count). The van der Waals surface area contributed by atoms with Crippen LogP contribution in [0, 0.1) is 0 Å². The molecule has 2 heterocycles. The summed E-state index contributed by atoms with van der Waals surface area (Å²) < 4.78 is 6.19. The third kappa shape index (κ3) is 2.30. The van der Waals surface area contributed by atoms with Crippen molar-refractivity contribution < 1.29 is 4.42 Å². The molecular weight excluding hydrogens is 258 g/mol. The maximum Gasteiger partial charge on any atom is 0.169 e. The number of hydrogen-bond donors (Lipinski definition) is 2. The number of furan rings is 1. The predicted molar refractivity (Wildman–Crippen MR) is 61.4 cm³/mol. The summed E-state index contributed by atoms with van der Waals surface area (Å²) in [5.41, 5.74) is 2.04. The highest BCUT2D eigenvalue weighted by molar-refractivity contribution is 9.10. The van der Waals surface area contributed by atoms with E-state index < -0.39 is 0 Å². The van der Waals surface area contributed by atoms with E-state index in [4.69, 9.17) is 4.42 Å². The summed E-state index contributed by atoms with van der Waals surface area (Å²) in [6, 6.07) is 3.78. The normalized spacial score (nSPS) is 10.8. The molecule has 0 saturated heterocycles. The predicted octanol–water partition coefficient (Wildman–Crippen LogP) is 2.54. The van der Waals surface area contributed by atoms with E-state index in [0.717, 1.165) is 34.8 Å². The molecule has 4 nitrogen and oxygen atoms in total. The summed E-state index contributed by atoms with van der Waals surface area (Å²) >= 11 is 3.28. The van der Waals surface area contributed by atoms with E-state index in [-0.39, 0.29) is 0 Å². The monoisotopic (exact) mass is 269 g/mol. The van der Waals surface area contributed by atoms with E-state index >= 15 is 0 Å². The smallest absolute Gasteiger partial charge is 0.169 e. The molecule has 0 unspecified atom stereocenters. The van der Waals surface area contributed by atoms with Gasteiger partial charge in [-0.25, -0.2) is 0 Å². The third-order valence-corrected chi connectivity index (χ3v) is 2.53. The highest BCUT2D eigenvalue weighted by Gasteiger charge is 2.10. The van der Waals surface area contributed by atoms with Gasteiger partial charge in [-0.3, -0.25) is 5.10 Å². The number of aromatic amines is 1. The first-order valence-electron chi connectivity index (χ1n) is 4.80. The average Bonchev–Trinajstić information content (AvgIpc) is 2.82. The first-order chi connectivity index (χ1) is 7.31. The van der Waals surface area contributed by atoms with Crippen LogP contribution in [0.15, 0.2) is 27.4 Å². The number of halogens is 1. The second kappa shape index (κ2) is 4.63. The van der Waals surface area contributed by atoms with Crippen molar-refractivity contribution in [3.8, 4) is 11.5 Å². The second-order valence-corrected chi connectivity index (χ2v) is 3.94. The Labute approximate surface area is 96.2 Å². The fourth-order valence-electron chi connectivity index (χ4n) is 1.37. The van der Waals surface area contributed by atoms with E-state index in [0.29, 0.717) is 0 Å². The summed E-state index contributed by atoms with van der Waals surface area (Å²) in [5.74, 6) is 0.798. The lowest BCUT2D eigenvalue weighted by molar-refractivity contribution is 0.552. The fraction of sp³-hybridized carbons (Fsp3) is 0.300. The Bertz CT molecular complexity index is 435. The Hall–Kier alpha value is -1.07. The van der Waals surface area contributed by atoms with Gasteiger partial charge in [0.15, 0.2) is 10.4 Å². The van der Waals surface area contributed by atoms with Gasteiger partial charge in [0.25, 0.3) is 0 Å². The van der Waals surface area contributed by atoms with Crippen LogP contribution in [0.3, 0.4) is 0 Å². The molecule has 0 saturated carbocycles. The quantitative estimate of drug-likeness (QED) is 0.897. The third-order valence-electron chi connectivity index (χ3n) is 2.10. The first kappa shape index (κ1) is 10.4. The molecule has 5 heteroatoms. The topological polar surface area (TPSA) is 53.9 Å². The number of nitrogens with zero attached hydrogens (tertiary/aromatic N) is 1. The van der Waals surface area contributed by atoms with Crippen molar-refractivity contribution in [1.29, 1.82) is 0 Å². The lowest BCUT2D eigenvalue weighted by Crippen LogP contribution is -2.11. The summed E-state index contributed by atoms with van der Waals surface area (Å²) in [7, 11) is 0. The summed E-state index contributed by atoms with van der Waals surface area (Å²) in [6.07, 6.45) is 1.81. The van der Waals surface area contributed by atoms with E-state index in [1.165, 1.54) is 0 Å². The SMILES string of the molecule is CCNCc1cn[nH]c1-c1ccc(Br)o1. The van der Waals surface area contributed by atoms with Gasteiger partial charge in [-0.2, -0.15) is 5.10 Å². The van der Waals surface area contributed by atoms with Crippen molar-refractivity contribution in [2.24, 2.45) is 0 Å². The maximum absolute atomic E-state index is 5.47. The molecule has 2 aromatic heterocycles. The highest BCUT2D eigenvalue weighted by Crippen LogP contribution is 2.25. The minimum Gasteiger partial charge on any atom is -0.448 e. The van der Waals surface area contributed by atoms with E-state index in [1.54, 1.807) is 0 Å². The molecule has 0 amide bonds. The zero-order valence-electron chi connectivity index (χ0n) is 8.38. The minimum absolute atomic E-state index is 0.724. The van der Waals surface area contributed by atoms with E-state index in [2.05, 4.69) is 38.4 Å². The number of nitrogens with one attached hydrogen (secondary N) is 2. The van der Waals surface area contributed by atoms with Crippen molar-refractivity contribution >= 4 is 15.9 Å². The van der Waals surface area contributed by atoms with Gasteiger partial charge in [0, 0.05) is 12.1 Å². The Morgan fingerprint density at radius 2 is 2.40 bits per heavy atom. The van der Waals surface area contributed by atoms with Gasteiger partial charge in [0.1, 0.15) is 5.69 Å². The Morgan fingerprint density at radius 1 is 1.53 bits per heavy atom. The van der Waals surface area contributed by atoms with Gasteiger partial charge in [-0.05, 0) is 34.6 Å². The molecular formula is C10H12BrN3O. The Morgan fingerprint density at radius 3 is 3.07 bits per heavy atom. The number of rotatable bonds is 4. The van der Waals surface area contributed by atoms with Crippen LogP contribution in [0.25, 0.3) is 11.5 Å². The molecule has 0 spiro atoms. The molecule has 0 aromatic carbocycles. The Kier molecular flexibility index (Phi) is 3.23. The van der Waals surface area contributed by atoms with Crippen molar-refractivity contribution in [3.05, 3.63) is 28.6 Å². The maximum atomic E-state index is 5.47. The molecule has 80 valence electrons. The Balaban J connectivity index is 2.24. The van der Waals surface area contributed by atoms with Crippen molar-refractivity contribution in [2.45, 2.75) is 13.5 Å². The van der Waals surface area contributed by atoms with Gasteiger partial charge in [-0.15, -0.1) is 0 Å². The molecule has 0 fully saturated rings. The van der Waals surface area contributed by atoms with Gasteiger partial charge in [0.2, 0.25) is 0 Å². The van der Waals surface area contributed by atoms with Crippen LogP contribution in [-0.2, 0) is 6.54 Å². The van der Waals surface area contributed by atoms with Crippen LogP contribution < -0.4 is 5.32 Å². The molecule has 2 aromatic rings. The van der Waals surface area contributed by atoms with Crippen molar-refractivity contribution in [3.63, 3.8) is 0 Å². The summed E-state index contributed by atoms with van der Waals surface area (Å²) in [4.78, 5) is 0. The molecule has 0 aliphatic rings. The van der Waals surface area contributed by atoms with Crippen LogP contribution in [-0.4, -0.2) is 16.7 Å². The van der Waals surface area contributed by atoms with Gasteiger partial charge in [-0.1, -0.05) is 6.92 Å². The molecule has 2 N–H and O–H groups in total. The lowest BCUT2D eigenvalue weighted by atomic mass is 10.2. The molecule has 15 heavy (non-hydrogen) atoms. The minimum atomic E-state index is 0.724. The molecule has 0 aliphatic heterocycles. The van der Waals surface area contributed by atoms with Crippen LogP contribution in [0.5, 0.6) is 0 Å². The average molecular weight is 270 g/mol. The van der Waals surface area contributed by atoms with Crippen molar-refractivity contribution in [1.82, 2.24) is 15.5 Å². The van der Waals surface area contributed by atoms with Crippen LogP contribution >= 0.6 is 15.9 Å². The van der Waals surface area contributed by atoms with E-state index in [9.17, 15) is 0 Å². The molecule has 0 atom stereocenters. The zero-order valence-corrected chi connectivity index (χ0v) is 9.97. The van der Waals surface area contributed by atoms with Gasteiger partial charge < -0.3 is 9.73 Å². The zero-order chi connectivity index (χ0) is 10.7. The van der Waals surface area contributed by atoms with Crippen molar-refractivity contribution in [2.75, 3.05) is 6.54 Å². The van der Waals surface area contributed by atoms with Crippen LogP contribution in [0.2, 0.25) is 0 Å². The lowest BCUT2D eigenvalue weighted by Gasteiger charge is -2.00. The molecule has 0 bridgehead atoms. The first-order valence-corrected chi connectivity index (χ1v) is 5.59. The highest BCUT2D eigenvalue weighted by atomic mass is 79.9. The summed E-state index contributed by atoms with van der Waals surface area (Å²) in [6.45, 7) is 3.80. The molecule has 0 radical (unpaired) electrons. The van der Waals surface area contributed by atoms with Crippen LogP contribution in [0.4, 0.5) is 0 Å².